The minimum absolute atomic E-state index is 0.000604. The predicted molar refractivity (Wildman–Crippen MR) is 108 cm³/mol. The summed E-state index contributed by atoms with van der Waals surface area (Å²) in [6.07, 6.45) is 0.772. The fraction of sp³-hybridized carbons (Fsp3) is 0.278. The number of ketones is 1. The summed E-state index contributed by atoms with van der Waals surface area (Å²) in [6.45, 7) is 3.33. The fourth-order valence-electron chi connectivity index (χ4n) is 2.89. The van der Waals surface area contributed by atoms with Gasteiger partial charge in [-0.1, -0.05) is 0 Å². The molecule has 0 fully saturated rings. The summed E-state index contributed by atoms with van der Waals surface area (Å²) in [4.78, 5) is 16.8. The highest BCUT2D eigenvalue weighted by Crippen LogP contribution is 2.31. The van der Waals surface area contributed by atoms with Crippen molar-refractivity contribution in [1.29, 1.82) is 0 Å². The lowest BCUT2D eigenvalue weighted by molar-refractivity contribution is 0.104. The number of hydrogen-bond donors (Lipinski definition) is 3. The first-order chi connectivity index (χ1) is 13.0. The van der Waals surface area contributed by atoms with Crippen molar-refractivity contribution in [2.75, 3.05) is 13.7 Å². The maximum Gasteiger partial charge on any atom is 0.245 e. The number of nitrogens with one attached hydrogen (secondary N) is 2. The van der Waals surface area contributed by atoms with E-state index in [4.69, 9.17) is 9.29 Å². The lowest BCUT2D eigenvalue weighted by Crippen LogP contribution is -2.34. The molecule has 1 unspecified atom stereocenters. The van der Waals surface area contributed by atoms with Gasteiger partial charge in [-0.15, -0.1) is 11.3 Å². The van der Waals surface area contributed by atoms with Crippen molar-refractivity contribution < 1.29 is 18.3 Å². The Bertz CT molecular complexity index is 963. The van der Waals surface area contributed by atoms with Crippen molar-refractivity contribution in [3.05, 3.63) is 52.5 Å². The molecular weight excluding hydrogens is 386 g/mol. The third-order valence-electron chi connectivity index (χ3n) is 4.19. The number of ether oxygens (including phenoxy) is 1. The first-order valence-electron chi connectivity index (χ1n) is 8.37. The molecule has 27 heavy (non-hydrogen) atoms. The van der Waals surface area contributed by atoms with Crippen molar-refractivity contribution in [3.8, 4) is 5.75 Å². The standard InChI is InChI=1S/C18H21N3O4S2/c1-12-10-14-11-16(17(22)13-4-6-15(25-2)7-5-13)26-18(14)21(12)9-3-8-19-20-27(23)24/h4-7,10-11,19-20H,3,8-9H2,1-2H3,(H,23,24). The van der Waals surface area contributed by atoms with E-state index in [9.17, 15) is 9.00 Å². The number of benzene rings is 1. The average molecular weight is 408 g/mol. The molecular formula is C18H21N3O4S2. The van der Waals surface area contributed by atoms with Gasteiger partial charge in [-0.3, -0.25) is 9.35 Å². The second-order valence-electron chi connectivity index (χ2n) is 6.00. The van der Waals surface area contributed by atoms with Crippen LogP contribution in [0.2, 0.25) is 0 Å². The molecule has 0 aliphatic carbocycles. The van der Waals surface area contributed by atoms with Gasteiger partial charge in [0.25, 0.3) is 0 Å². The molecule has 0 saturated carbocycles. The molecule has 2 heterocycles. The molecule has 1 aromatic carbocycles. The highest BCUT2D eigenvalue weighted by Gasteiger charge is 2.16. The topological polar surface area (TPSA) is 92.6 Å². The number of nitrogens with zero attached hydrogens (tertiary/aromatic N) is 1. The highest BCUT2D eigenvalue weighted by molar-refractivity contribution is 7.77. The van der Waals surface area contributed by atoms with Crippen molar-refractivity contribution >= 4 is 38.6 Å². The Balaban J connectivity index is 1.74. The highest BCUT2D eigenvalue weighted by atomic mass is 32.2. The predicted octanol–water partition coefficient (Wildman–Crippen LogP) is 2.87. The zero-order valence-corrected chi connectivity index (χ0v) is 16.7. The molecule has 1 atom stereocenters. The molecule has 0 spiro atoms. The minimum atomic E-state index is -2.07. The van der Waals surface area contributed by atoms with Crippen LogP contribution in [0.1, 0.15) is 27.3 Å². The number of methoxy groups -OCH3 is 1. The number of aryl methyl sites for hydroxylation is 2. The lowest BCUT2D eigenvalue weighted by atomic mass is 10.1. The first-order valence-corrected chi connectivity index (χ1v) is 10.3. The molecule has 0 aliphatic rings. The lowest BCUT2D eigenvalue weighted by Gasteiger charge is -2.08. The molecule has 7 nitrogen and oxygen atoms in total. The number of thiophene rings is 1. The summed E-state index contributed by atoms with van der Waals surface area (Å²) in [5.74, 6) is 0.720. The smallest absolute Gasteiger partial charge is 0.245 e. The number of hydrazine groups is 1. The molecule has 2 aromatic heterocycles. The van der Waals surface area contributed by atoms with Crippen molar-refractivity contribution in [2.45, 2.75) is 19.9 Å². The third kappa shape index (κ3) is 4.63. The van der Waals surface area contributed by atoms with Crippen LogP contribution in [0.3, 0.4) is 0 Å². The van der Waals surface area contributed by atoms with Crippen LogP contribution in [-0.4, -0.2) is 32.8 Å². The van der Waals surface area contributed by atoms with Gasteiger partial charge in [0.05, 0.1) is 12.0 Å². The van der Waals surface area contributed by atoms with E-state index in [1.165, 1.54) is 11.3 Å². The normalized spacial score (nSPS) is 12.4. The second-order valence-corrected chi connectivity index (χ2v) is 7.73. The van der Waals surface area contributed by atoms with Gasteiger partial charge in [0, 0.05) is 29.7 Å². The zero-order chi connectivity index (χ0) is 19.4. The van der Waals surface area contributed by atoms with E-state index in [2.05, 4.69) is 20.9 Å². The van der Waals surface area contributed by atoms with Crippen LogP contribution < -0.4 is 15.0 Å². The number of fused-ring (bicyclic) bond motifs is 1. The van der Waals surface area contributed by atoms with Gasteiger partial charge >= 0.3 is 0 Å². The van der Waals surface area contributed by atoms with Gasteiger partial charge in [0.2, 0.25) is 17.0 Å². The Morgan fingerprint density at radius 1 is 1.30 bits per heavy atom. The molecule has 144 valence electrons. The van der Waals surface area contributed by atoms with E-state index < -0.39 is 11.3 Å². The van der Waals surface area contributed by atoms with E-state index in [-0.39, 0.29) is 5.78 Å². The molecule has 3 rings (SSSR count). The molecule has 3 aromatic rings. The Kier molecular flexibility index (Phi) is 6.40. The van der Waals surface area contributed by atoms with E-state index in [1.54, 1.807) is 31.4 Å². The van der Waals surface area contributed by atoms with E-state index >= 15 is 0 Å². The van der Waals surface area contributed by atoms with Crippen LogP contribution in [0.5, 0.6) is 5.75 Å². The quantitative estimate of drug-likeness (QED) is 0.220. The summed E-state index contributed by atoms with van der Waals surface area (Å²) in [5, 5.41) is 1.05. The zero-order valence-electron chi connectivity index (χ0n) is 15.0. The van der Waals surface area contributed by atoms with Gasteiger partial charge in [0.1, 0.15) is 10.6 Å². The van der Waals surface area contributed by atoms with Crippen LogP contribution in [0.25, 0.3) is 10.2 Å². The average Bonchev–Trinajstić information content (AvgIpc) is 3.18. The summed E-state index contributed by atoms with van der Waals surface area (Å²) in [5.41, 5.74) is 4.45. The summed E-state index contributed by atoms with van der Waals surface area (Å²) >= 11 is -0.582. The number of aromatic nitrogens is 1. The second kappa shape index (κ2) is 8.77. The monoisotopic (exact) mass is 407 g/mol. The number of rotatable bonds is 9. The minimum Gasteiger partial charge on any atom is -0.497 e. The van der Waals surface area contributed by atoms with Crippen LogP contribution in [0.15, 0.2) is 36.4 Å². The van der Waals surface area contributed by atoms with E-state index in [0.29, 0.717) is 17.0 Å². The Labute approximate surface area is 163 Å². The molecule has 0 radical (unpaired) electrons. The summed E-state index contributed by atoms with van der Waals surface area (Å²) < 4.78 is 26.5. The van der Waals surface area contributed by atoms with E-state index in [0.717, 1.165) is 34.6 Å². The van der Waals surface area contributed by atoms with Gasteiger partial charge in [-0.05, 0) is 49.7 Å². The number of carbonyl (C=O) groups excluding carboxylic acids is 1. The molecule has 3 N–H and O–H groups in total. The van der Waals surface area contributed by atoms with Crippen LogP contribution in [-0.2, 0) is 17.8 Å². The summed E-state index contributed by atoms with van der Waals surface area (Å²) in [6, 6.07) is 11.1. The Hall–Kier alpha value is -2.04. The SMILES string of the molecule is COc1ccc(C(=O)c2cc3cc(C)n(CCCNNS(=O)O)c3s2)cc1. The molecule has 9 heteroatoms. The Morgan fingerprint density at radius 3 is 2.70 bits per heavy atom. The first kappa shape index (κ1) is 19.7. The van der Waals surface area contributed by atoms with Crippen LogP contribution >= 0.6 is 11.3 Å². The van der Waals surface area contributed by atoms with Crippen molar-refractivity contribution in [1.82, 2.24) is 14.8 Å². The largest absolute Gasteiger partial charge is 0.497 e. The Morgan fingerprint density at radius 2 is 2.04 bits per heavy atom. The fourth-order valence-corrected chi connectivity index (χ4v) is 4.30. The molecule has 0 saturated heterocycles. The van der Waals surface area contributed by atoms with Crippen LogP contribution in [0, 0.1) is 6.92 Å². The van der Waals surface area contributed by atoms with Gasteiger partial charge in [-0.25, -0.2) is 9.63 Å². The molecule has 0 aliphatic heterocycles. The van der Waals surface area contributed by atoms with E-state index in [1.807, 2.05) is 13.0 Å². The van der Waals surface area contributed by atoms with Gasteiger partial charge < -0.3 is 9.30 Å². The van der Waals surface area contributed by atoms with Gasteiger partial charge in [0.15, 0.2) is 0 Å². The number of hydrogen-bond acceptors (Lipinski definition) is 5. The molecule has 0 amide bonds. The van der Waals surface area contributed by atoms with Crippen molar-refractivity contribution in [3.63, 3.8) is 0 Å². The van der Waals surface area contributed by atoms with Gasteiger partial charge in [-0.2, -0.15) is 4.83 Å². The van der Waals surface area contributed by atoms with Crippen LogP contribution in [0.4, 0.5) is 0 Å². The molecule has 0 bridgehead atoms. The number of carbonyl (C=O) groups is 1. The summed E-state index contributed by atoms with van der Waals surface area (Å²) in [7, 11) is 1.60. The maximum atomic E-state index is 12.8. The van der Waals surface area contributed by atoms with Crippen molar-refractivity contribution in [2.24, 2.45) is 0 Å². The maximum absolute atomic E-state index is 12.8. The third-order valence-corrected chi connectivity index (χ3v) is 5.69.